The highest BCUT2D eigenvalue weighted by Gasteiger charge is 1.98. The van der Waals surface area contributed by atoms with E-state index in [1.807, 2.05) is 18.2 Å². The van der Waals surface area contributed by atoms with Crippen molar-refractivity contribution >= 4 is 27.3 Å². The van der Waals surface area contributed by atoms with E-state index in [9.17, 15) is 0 Å². The third-order valence-electron chi connectivity index (χ3n) is 2.44. The topological polar surface area (TPSA) is 47.3 Å². The smallest absolute Gasteiger partial charge is 0.0574 e. The number of ether oxygens (including phenoxy) is 1. The van der Waals surface area contributed by atoms with Crippen LogP contribution in [0.5, 0.6) is 0 Å². The minimum absolute atomic E-state index is 0.770. The maximum atomic E-state index is 5.88. The Balaban J connectivity index is 2.14. The van der Waals surface area contributed by atoms with Gasteiger partial charge in [-0.05, 0) is 31.0 Å². The van der Waals surface area contributed by atoms with Crippen LogP contribution < -0.4 is 11.1 Å². The van der Waals surface area contributed by atoms with E-state index in [0.29, 0.717) is 0 Å². The molecule has 0 saturated carbocycles. The molecule has 0 spiro atoms. The lowest BCUT2D eigenvalue weighted by atomic mass is 10.2. The zero-order valence-corrected chi connectivity index (χ0v) is 11.9. The van der Waals surface area contributed by atoms with Crippen LogP contribution in [0.4, 0.5) is 11.4 Å². The van der Waals surface area contributed by atoms with Gasteiger partial charge in [0.2, 0.25) is 0 Å². The number of nitrogens with two attached hydrogens (primary N) is 1. The summed E-state index contributed by atoms with van der Waals surface area (Å²) in [6.45, 7) is 4.74. The quantitative estimate of drug-likeness (QED) is 0.569. The van der Waals surface area contributed by atoms with Gasteiger partial charge in [-0.25, -0.2) is 0 Å². The summed E-state index contributed by atoms with van der Waals surface area (Å²) >= 11 is 3.39. The van der Waals surface area contributed by atoms with Gasteiger partial charge in [-0.15, -0.1) is 0 Å². The van der Waals surface area contributed by atoms with Crippen molar-refractivity contribution < 1.29 is 4.74 Å². The van der Waals surface area contributed by atoms with Gasteiger partial charge in [-0.3, -0.25) is 0 Å². The zero-order chi connectivity index (χ0) is 12.5. The largest absolute Gasteiger partial charge is 0.397 e. The van der Waals surface area contributed by atoms with Crippen molar-refractivity contribution in [1.82, 2.24) is 0 Å². The third-order valence-corrected chi connectivity index (χ3v) is 2.93. The van der Waals surface area contributed by atoms with Crippen molar-refractivity contribution in [3.05, 3.63) is 22.7 Å². The monoisotopic (exact) mass is 300 g/mol. The van der Waals surface area contributed by atoms with Crippen LogP contribution in [-0.2, 0) is 4.74 Å². The Morgan fingerprint density at radius 3 is 2.76 bits per heavy atom. The Hall–Kier alpha value is -0.740. The fraction of sp³-hybridized carbons (Fsp3) is 0.538. The Labute approximate surface area is 112 Å². The summed E-state index contributed by atoms with van der Waals surface area (Å²) in [7, 11) is 0. The summed E-state index contributed by atoms with van der Waals surface area (Å²) in [5.74, 6) is 0. The molecular weight excluding hydrogens is 280 g/mol. The van der Waals surface area contributed by atoms with Crippen LogP contribution in [-0.4, -0.2) is 19.8 Å². The Kier molecular flexibility index (Phi) is 7.05. The van der Waals surface area contributed by atoms with Crippen molar-refractivity contribution in [2.24, 2.45) is 0 Å². The van der Waals surface area contributed by atoms with Gasteiger partial charge in [0.25, 0.3) is 0 Å². The standard InChI is InChI=1S/C13H21BrN2O/c1-2-3-8-17-9-4-7-16-13-6-5-11(14)10-12(13)15/h5-6,10,16H,2-4,7-9,15H2,1H3. The van der Waals surface area contributed by atoms with E-state index in [4.69, 9.17) is 10.5 Å². The van der Waals surface area contributed by atoms with Crippen molar-refractivity contribution in [2.45, 2.75) is 26.2 Å². The molecule has 0 atom stereocenters. The van der Waals surface area contributed by atoms with E-state index in [1.54, 1.807) is 0 Å². The molecular formula is C13H21BrN2O. The summed E-state index contributed by atoms with van der Waals surface area (Å²) in [6, 6.07) is 5.87. The van der Waals surface area contributed by atoms with Crippen LogP contribution in [0.25, 0.3) is 0 Å². The van der Waals surface area contributed by atoms with Gasteiger partial charge in [-0.1, -0.05) is 29.3 Å². The highest BCUT2D eigenvalue weighted by Crippen LogP contribution is 2.22. The highest BCUT2D eigenvalue weighted by atomic mass is 79.9. The molecule has 1 aromatic rings. The second-order valence-electron chi connectivity index (χ2n) is 3.98. The maximum absolute atomic E-state index is 5.88. The van der Waals surface area contributed by atoms with Gasteiger partial charge in [0.15, 0.2) is 0 Å². The molecule has 0 aromatic heterocycles. The normalized spacial score (nSPS) is 10.5. The highest BCUT2D eigenvalue weighted by molar-refractivity contribution is 9.10. The molecule has 0 radical (unpaired) electrons. The number of hydrogen-bond acceptors (Lipinski definition) is 3. The van der Waals surface area contributed by atoms with E-state index in [1.165, 1.54) is 6.42 Å². The first-order valence-corrected chi connectivity index (χ1v) is 6.90. The molecule has 0 aliphatic heterocycles. The van der Waals surface area contributed by atoms with Crippen LogP contribution in [0.1, 0.15) is 26.2 Å². The predicted molar refractivity (Wildman–Crippen MR) is 77.4 cm³/mol. The first kappa shape index (κ1) is 14.3. The van der Waals surface area contributed by atoms with Crippen molar-refractivity contribution in [2.75, 3.05) is 30.8 Å². The average Bonchev–Trinajstić information content (AvgIpc) is 2.30. The van der Waals surface area contributed by atoms with Crippen molar-refractivity contribution in [1.29, 1.82) is 0 Å². The van der Waals surface area contributed by atoms with Gasteiger partial charge in [-0.2, -0.15) is 0 Å². The lowest BCUT2D eigenvalue weighted by Gasteiger charge is -2.09. The fourth-order valence-electron chi connectivity index (χ4n) is 1.44. The number of nitrogen functional groups attached to an aromatic ring is 1. The fourth-order valence-corrected chi connectivity index (χ4v) is 1.82. The van der Waals surface area contributed by atoms with E-state index in [0.717, 1.165) is 48.4 Å². The molecule has 4 heteroatoms. The minimum Gasteiger partial charge on any atom is -0.397 e. The van der Waals surface area contributed by atoms with E-state index >= 15 is 0 Å². The molecule has 0 saturated heterocycles. The number of unbranched alkanes of at least 4 members (excludes halogenated alkanes) is 1. The zero-order valence-electron chi connectivity index (χ0n) is 10.3. The molecule has 0 fully saturated rings. The summed E-state index contributed by atoms with van der Waals surface area (Å²) in [6.07, 6.45) is 3.33. The first-order valence-electron chi connectivity index (χ1n) is 6.10. The molecule has 0 bridgehead atoms. The van der Waals surface area contributed by atoms with Crippen molar-refractivity contribution in [3.8, 4) is 0 Å². The van der Waals surface area contributed by atoms with Gasteiger partial charge in [0.05, 0.1) is 11.4 Å². The second kappa shape index (κ2) is 8.37. The maximum Gasteiger partial charge on any atom is 0.0574 e. The molecule has 1 aromatic carbocycles. The number of halogens is 1. The summed E-state index contributed by atoms with van der Waals surface area (Å²) in [5.41, 5.74) is 7.64. The molecule has 1 rings (SSSR count). The van der Waals surface area contributed by atoms with Crippen molar-refractivity contribution in [3.63, 3.8) is 0 Å². The number of rotatable bonds is 8. The van der Waals surface area contributed by atoms with Gasteiger partial charge >= 0.3 is 0 Å². The number of anilines is 2. The average molecular weight is 301 g/mol. The number of nitrogens with one attached hydrogen (secondary N) is 1. The molecule has 96 valence electrons. The molecule has 0 unspecified atom stereocenters. The minimum atomic E-state index is 0.770. The van der Waals surface area contributed by atoms with Gasteiger partial charge in [0.1, 0.15) is 0 Å². The third kappa shape index (κ3) is 5.94. The number of benzene rings is 1. The Morgan fingerprint density at radius 1 is 1.29 bits per heavy atom. The number of hydrogen-bond donors (Lipinski definition) is 2. The first-order chi connectivity index (χ1) is 8.24. The lowest BCUT2D eigenvalue weighted by molar-refractivity contribution is 0.131. The van der Waals surface area contributed by atoms with E-state index in [-0.39, 0.29) is 0 Å². The summed E-state index contributed by atoms with van der Waals surface area (Å²) in [5, 5.41) is 3.31. The Bertz CT molecular complexity index is 331. The molecule has 0 amide bonds. The lowest BCUT2D eigenvalue weighted by Crippen LogP contribution is -2.07. The van der Waals surface area contributed by atoms with Crippen LogP contribution in [0, 0.1) is 0 Å². The van der Waals surface area contributed by atoms with Crippen LogP contribution in [0.3, 0.4) is 0 Å². The van der Waals surface area contributed by atoms with Crippen LogP contribution in [0.15, 0.2) is 22.7 Å². The van der Waals surface area contributed by atoms with Gasteiger partial charge < -0.3 is 15.8 Å². The molecule has 3 N–H and O–H groups in total. The van der Waals surface area contributed by atoms with E-state index < -0.39 is 0 Å². The molecule has 17 heavy (non-hydrogen) atoms. The SMILES string of the molecule is CCCCOCCCNc1ccc(Br)cc1N. The molecule has 0 heterocycles. The second-order valence-corrected chi connectivity index (χ2v) is 4.89. The van der Waals surface area contributed by atoms with Crippen LogP contribution >= 0.6 is 15.9 Å². The Morgan fingerprint density at radius 2 is 2.06 bits per heavy atom. The predicted octanol–water partition coefficient (Wildman–Crippen LogP) is 3.65. The van der Waals surface area contributed by atoms with Gasteiger partial charge in [0, 0.05) is 24.2 Å². The van der Waals surface area contributed by atoms with Crippen LogP contribution in [0.2, 0.25) is 0 Å². The summed E-state index contributed by atoms with van der Waals surface area (Å²) in [4.78, 5) is 0. The summed E-state index contributed by atoms with van der Waals surface area (Å²) < 4.78 is 6.49. The molecule has 0 aliphatic rings. The van der Waals surface area contributed by atoms with E-state index in [2.05, 4.69) is 28.2 Å². The molecule has 0 aliphatic carbocycles. The molecule has 3 nitrogen and oxygen atoms in total.